The van der Waals surface area contributed by atoms with Crippen LogP contribution in [0, 0.1) is 13.8 Å². The van der Waals surface area contributed by atoms with Crippen molar-refractivity contribution in [2.75, 3.05) is 18.3 Å². The van der Waals surface area contributed by atoms with Crippen LogP contribution >= 0.6 is 10.0 Å². The second-order valence-electron chi connectivity index (χ2n) is 4.10. The average Bonchev–Trinajstić information content (AvgIpc) is 2.09. The minimum absolute atomic E-state index is 0.551. The fraction of sp³-hybridized carbons (Fsp3) is 0.500. The second kappa shape index (κ2) is 3.75. The maximum Gasteiger partial charge on any atom is -0.00720 e. The van der Waals surface area contributed by atoms with Crippen molar-refractivity contribution in [2.45, 2.75) is 25.7 Å². The molecule has 13 heavy (non-hydrogen) atoms. The first-order valence-corrected chi connectivity index (χ1v) is 7.37. The Kier molecular flexibility index (Phi) is 3.07. The molecular formula is C12H20S. The van der Waals surface area contributed by atoms with Gasteiger partial charge in [-0.3, -0.25) is 0 Å². The number of rotatable bonds is 2. The predicted molar refractivity (Wildman–Crippen MR) is 64.2 cm³/mol. The summed E-state index contributed by atoms with van der Waals surface area (Å²) in [5.41, 5.74) is 2.84. The molecule has 0 fully saturated rings. The fourth-order valence-electron chi connectivity index (χ4n) is 1.46. The van der Waals surface area contributed by atoms with Gasteiger partial charge >= 0.3 is 0 Å². The van der Waals surface area contributed by atoms with E-state index in [0.717, 1.165) is 0 Å². The van der Waals surface area contributed by atoms with E-state index < -0.39 is 10.0 Å². The van der Waals surface area contributed by atoms with Gasteiger partial charge in [-0.05, 0) is 48.6 Å². The molecule has 1 aromatic rings. The van der Waals surface area contributed by atoms with E-state index in [1.54, 1.807) is 4.90 Å². The van der Waals surface area contributed by atoms with Crippen molar-refractivity contribution < 1.29 is 0 Å². The summed E-state index contributed by atoms with van der Waals surface area (Å²) in [6.45, 7) is 6.68. The van der Waals surface area contributed by atoms with Gasteiger partial charge in [0.1, 0.15) is 0 Å². The lowest BCUT2D eigenvalue weighted by atomic mass is 10.2. The molecule has 0 aliphatic carbocycles. The Balaban J connectivity index is 3.20. The van der Waals surface area contributed by atoms with Crippen LogP contribution in [0.5, 0.6) is 0 Å². The largest absolute Gasteiger partial charge is 0.220 e. The molecule has 1 aromatic carbocycles. The summed E-state index contributed by atoms with van der Waals surface area (Å²) in [5, 5.41) is 0. The van der Waals surface area contributed by atoms with Crippen molar-refractivity contribution >= 4 is 10.0 Å². The van der Waals surface area contributed by atoms with E-state index in [0.29, 0.717) is 0 Å². The molecule has 0 spiro atoms. The van der Waals surface area contributed by atoms with Crippen LogP contribution in [0.2, 0.25) is 0 Å². The van der Waals surface area contributed by atoms with Gasteiger partial charge in [-0.1, -0.05) is 24.6 Å². The predicted octanol–water partition coefficient (Wildman–Crippen LogP) is 3.75. The van der Waals surface area contributed by atoms with E-state index >= 15 is 0 Å². The lowest BCUT2D eigenvalue weighted by molar-refractivity contribution is 1.24. The maximum atomic E-state index is 2.40. The summed E-state index contributed by atoms with van der Waals surface area (Å²) < 4.78 is 0. The maximum absolute atomic E-state index is 2.40. The molecule has 0 aromatic heterocycles. The van der Waals surface area contributed by atoms with Gasteiger partial charge in [0, 0.05) is 0 Å². The molecule has 0 heterocycles. The van der Waals surface area contributed by atoms with Crippen LogP contribution in [-0.4, -0.2) is 18.3 Å². The molecule has 0 nitrogen and oxygen atoms in total. The van der Waals surface area contributed by atoms with Crippen molar-refractivity contribution in [1.82, 2.24) is 0 Å². The lowest BCUT2D eigenvalue weighted by Gasteiger charge is -2.32. The first kappa shape index (κ1) is 10.6. The molecule has 0 aliphatic heterocycles. The lowest BCUT2D eigenvalue weighted by Crippen LogP contribution is -2.01. The average molecular weight is 196 g/mol. The Bertz CT molecular complexity index is 300. The van der Waals surface area contributed by atoms with Crippen LogP contribution in [0.1, 0.15) is 18.1 Å². The molecule has 0 radical (unpaired) electrons. The third-order valence-corrected chi connectivity index (χ3v) is 5.73. The normalized spacial score (nSPS) is 13.0. The summed E-state index contributed by atoms with van der Waals surface area (Å²) in [4.78, 5) is 1.58. The number of hydrogen-bond donors (Lipinski definition) is 0. The molecule has 0 N–H and O–H groups in total. The smallest absolute Gasteiger partial charge is 0.00720 e. The number of hydrogen-bond acceptors (Lipinski definition) is 0. The molecule has 0 aliphatic rings. The zero-order valence-electron chi connectivity index (χ0n) is 9.35. The number of aryl methyl sites for hydroxylation is 2. The number of benzene rings is 1. The van der Waals surface area contributed by atoms with Crippen LogP contribution in [0.15, 0.2) is 23.1 Å². The molecule has 0 atom stereocenters. The zero-order chi connectivity index (χ0) is 10.1. The topological polar surface area (TPSA) is 0 Å². The van der Waals surface area contributed by atoms with E-state index in [4.69, 9.17) is 0 Å². The van der Waals surface area contributed by atoms with Crippen molar-refractivity contribution in [3.05, 3.63) is 29.3 Å². The van der Waals surface area contributed by atoms with Crippen LogP contribution in [0.4, 0.5) is 0 Å². The molecule has 0 saturated carbocycles. The summed E-state index contributed by atoms with van der Waals surface area (Å²) >= 11 is 0. The summed E-state index contributed by atoms with van der Waals surface area (Å²) in [6.07, 6.45) is 4.80. The molecule has 0 unspecified atom stereocenters. The van der Waals surface area contributed by atoms with Gasteiger partial charge in [0.25, 0.3) is 0 Å². The zero-order valence-corrected chi connectivity index (χ0v) is 10.2. The Hall–Kier alpha value is -0.430. The first-order valence-electron chi connectivity index (χ1n) is 4.75. The second-order valence-corrected chi connectivity index (χ2v) is 8.19. The molecule has 0 amide bonds. The van der Waals surface area contributed by atoms with Crippen molar-refractivity contribution in [2.24, 2.45) is 0 Å². The SMILES string of the molecule is CCS(C)(C)c1cc(C)ccc1C. The van der Waals surface area contributed by atoms with Crippen LogP contribution in [0.25, 0.3) is 0 Å². The van der Waals surface area contributed by atoms with E-state index in [9.17, 15) is 0 Å². The third-order valence-electron chi connectivity index (χ3n) is 2.66. The van der Waals surface area contributed by atoms with E-state index in [1.807, 2.05) is 0 Å². The third kappa shape index (κ3) is 2.28. The van der Waals surface area contributed by atoms with Gasteiger partial charge in [-0.15, -0.1) is 0 Å². The van der Waals surface area contributed by atoms with Crippen molar-refractivity contribution in [3.63, 3.8) is 0 Å². The fourth-order valence-corrected chi connectivity index (χ4v) is 3.21. The van der Waals surface area contributed by atoms with E-state index in [1.165, 1.54) is 16.9 Å². The first-order chi connectivity index (χ1) is 5.97. The molecule has 0 saturated heterocycles. The van der Waals surface area contributed by atoms with Crippen LogP contribution < -0.4 is 0 Å². The Morgan fingerprint density at radius 1 is 1.15 bits per heavy atom. The molecular weight excluding hydrogens is 176 g/mol. The molecule has 1 rings (SSSR count). The van der Waals surface area contributed by atoms with Gasteiger partial charge in [-0.2, -0.15) is 0 Å². The minimum atomic E-state index is -0.551. The Morgan fingerprint density at radius 3 is 2.31 bits per heavy atom. The van der Waals surface area contributed by atoms with Crippen LogP contribution in [-0.2, 0) is 0 Å². The molecule has 0 bridgehead atoms. The van der Waals surface area contributed by atoms with Crippen molar-refractivity contribution in [1.29, 1.82) is 0 Å². The van der Waals surface area contributed by atoms with Gasteiger partial charge in [0.2, 0.25) is 0 Å². The van der Waals surface area contributed by atoms with Gasteiger partial charge in [-0.25, -0.2) is 10.0 Å². The monoisotopic (exact) mass is 196 g/mol. The standard InChI is InChI=1S/C12H20S/c1-6-13(4,5)12-9-10(2)7-8-11(12)3/h7-9H,6H2,1-5H3. The van der Waals surface area contributed by atoms with E-state index in [2.05, 4.69) is 51.5 Å². The summed E-state index contributed by atoms with van der Waals surface area (Å²) in [5.74, 6) is 1.28. The van der Waals surface area contributed by atoms with E-state index in [-0.39, 0.29) is 0 Å². The Labute approximate surface area is 83.7 Å². The highest BCUT2D eigenvalue weighted by Gasteiger charge is 2.14. The van der Waals surface area contributed by atoms with Gasteiger partial charge < -0.3 is 0 Å². The summed E-state index contributed by atoms with van der Waals surface area (Å²) in [7, 11) is -0.551. The quantitative estimate of drug-likeness (QED) is 0.676. The van der Waals surface area contributed by atoms with Gasteiger partial charge in [0.05, 0.1) is 0 Å². The van der Waals surface area contributed by atoms with Gasteiger partial charge in [0.15, 0.2) is 0 Å². The molecule has 1 heteroatoms. The Morgan fingerprint density at radius 2 is 1.77 bits per heavy atom. The highest BCUT2D eigenvalue weighted by molar-refractivity contribution is 8.32. The minimum Gasteiger partial charge on any atom is -0.220 e. The highest BCUT2D eigenvalue weighted by Crippen LogP contribution is 2.50. The molecule has 74 valence electrons. The highest BCUT2D eigenvalue weighted by atomic mass is 32.3. The van der Waals surface area contributed by atoms with Crippen LogP contribution in [0.3, 0.4) is 0 Å². The van der Waals surface area contributed by atoms with Crippen molar-refractivity contribution in [3.8, 4) is 0 Å². The summed E-state index contributed by atoms with van der Waals surface area (Å²) in [6, 6.07) is 6.80.